The molecule has 9 heteroatoms. The van der Waals surface area contributed by atoms with E-state index in [1.165, 1.54) is 4.90 Å². The van der Waals surface area contributed by atoms with E-state index in [2.05, 4.69) is 5.32 Å². The highest BCUT2D eigenvalue weighted by Gasteiger charge is 2.32. The predicted octanol–water partition coefficient (Wildman–Crippen LogP) is 3.49. The molecule has 192 valence electrons. The maximum absolute atomic E-state index is 13.7. The van der Waals surface area contributed by atoms with Crippen molar-refractivity contribution in [3.63, 3.8) is 0 Å². The number of aryl methyl sites for hydroxylation is 1. The van der Waals surface area contributed by atoms with E-state index in [4.69, 9.17) is 4.74 Å². The van der Waals surface area contributed by atoms with Gasteiger partial charge < -0.3 is 15.0 Å². The Bertz CT molecular complexity index is 1120. The number of hydrogen-bond acceptors (Lipinski definition) is 5. The summed E-state index contributed by atoms with van der Waals surface area (Å²) in [5, 5.41) is 2.96. The van der Waals surface area contributed by atoms with E-state index in [0.29, 0.717) is 17.9 Å². The molecule has 2 aromatic rings. The monoisotopic (exact) mass is 503 g/mol. The van der Waals surface area contributed by atoms with Crippen molar-refractivity contribution < 1.29 is 22.7 Å². The second-order valence-electron chi connectivity index (χ2n) is 8.67. The van der Waals surface area contributed by atoms with Crippen molar-refractivity contribution in [3.05, 3.63) is 59.7 Å². The first kappa shape index (κ1) is 28.2. The number of methoxy groups -OCH3 is 1. The van der Waals surface area contributed by atoms with Crippen LogP contribution in [0.1, 0.15) is 44.7 Å². The topological polar surface area (TPSA) is 96.0 Å². The lowest BCUT2D eigenvalue weighted by Crippen LogP contribution is -2.53. The largest absolute Gasteiger partial charge is 0.497 e. The molecule has 0 aliphatic carbocycles. The van der Waals surface area contributed by atoms with Crippen molar-refractivity contribution >= 4 is 27.5 Å². The highest BCUT2D eigenvalue weighted by molar-refractivity contribution is 7.92. The summed E-state index contributed by atoms with van der Waals surface area (Å²) in [5.74, 6) is -0.0998. The molecule has 0 saturated carbocycles. The summed E-state index contributed by atoms with van der Waals surface area (Å²) in [6.07, 6.45) is 2.20. The third-order valence-corrected chi connectivity index (χ3v) is 7.06. The number of nitrogens with one attached hydrogen (secondary N) is 1. The zero-order chi connectivity index (χ0) is 26.2. The van der Waals surface area contributed by atoms with Gasteiger partial charge in [-0.15, -0.1) is 0 Å². The summed E-state index contributed by atoms with van der Waals surface area (Å²) < 4.78 is 31.8. The third kappa shape index (κ3) is 7.71. The maximum atomic E-state index is 13.7. The zero-order valence-corrected chi connectivity index (χ0v) is 22.3. The van der Waals surface area contributed by atoms with Crippen LogP contribution in [0.25, 0.3) is 0 Å². The Hall–Kier alpha value is -3.07. The van der Waals surface area contributed by atoms with Crippen LogP contribution in [0.2, 0.25) is 0 Å². The molecule has 0 bridgehead atoms. The summed E-state index contributed by atoms with van der Waals surface area (Å²) in [6.45, 7) is 7.22. The lowest BCUT2D eigenvalue weighted by atomic mass is 10.1. The molecular formula is C26H37N3O5S. The minimum atomic E-state index is -3.76. The van der Waals surface area contributed by atoms with Gasteiger partial charge in [-0.3, -0.25) is 13.9 Å². The minimum absolute atomic E-state index is 0.0511. The molecule has 0 spiro atoms. The van der Waals surface area contributed by atoms with Gasteiger partial charge in [-0.1, -0.05) is 44.2 Å². The summed E-state index contributed by atoms with van der Waals surface area (Å²) in [7, 11) is -2.20. The van der Waals surface area contributed by atoms with Gasteiger partial charge in [0.05, 0.1) is 19.1 Å². The minimum Gasteiger partial charge on any atom is -0.497 e. The number of anilines is 1. The SMILES string of the molecule is CC[C@H](C(=O)N[C@@H](C)CC)N(Cc1cccc(OC)c1)C(=O)CN(c1ccccc1C)S(C)(=O)=O. The lowest BCUT2D eigenvalue weighted by molar-refractivity contribution is -0.140. The highest BCUT2D eigenvalue weighted by Crippen LogP contribution is 2.23. The van der Waals surface area contributed by atoms with Crippen LogP contribution in [0.4, 0.5) is 5.69 Å². The molecule has 0 heterocycles. The second-order valence-corrected chi connectivity index (χ2v) is 10.6. The number of ether oxygens (including phenoxy) is 1. The van der Waals surface area contributed by atoms with Crippen molar-refractivity contribution in [2.24, 2.45) is 0 Å². The van der Waals surface area contributed by atoms with Crippen molar-refractivity contribution in [1.29, 1.82) is 0 Å². The van der Waals surface area contributed by atoms with E-state index in [1.807, 2.05) is 39.0 Å². The van der Waals surface area contributed by atoms with E-state index in [0.717, 1.165) is 28.1 Å². The van der Waals surface area contributed by atoms with Gasteiger partial charge in [-0.2, -0.15) is 0 Å². The smallest absolute Gasteiger partial charge is 0.244 e. The van der Waals surface area contributed by atoms with Crippen LogP contribution in [0.15, 0.2) is 48.5 Å². The Labute approximate surface area is 209 Å². The molecule has 0 unspecified atom stereocenters. The zero-order valence-electron chi connectivity index (χ0n) is 21.4. The Morgan fingerprint density at radius 1 is 1.06 bits per heavy atom. The second kappa shape index (κ2) is 12.6. The fourth-order valence-electron chi connectivity index (χ4n) is 3.77. The van der Waals surface area contributed by atoms with Crippen LogP contribution < -0.4 is 14.4 Å². The molecule has 2 rings (SSSR count). The Balaban J connectivity index is 2.47. The van der Waals surface area contributed by atoms with E-state index in [1.54, 1.807) is 44.4 Å². The molecule has 35 heavy (non-hydrogen) atoms. The van der Waals surface area contributed by atoms with E-state index in [-0.39, 0.29) is 18.5 Å². The summed E-state index contributed by atoms with van der Waals surface area (Å²) in [4.78, 5) is 28.3. The summed E-state index contributed by atoms with van der Waals surface area (Å²) in [5.41, 5.74) is 1.93. The Morgan fingerprint density at radius 3 is 2.31 bits per heavy atom. The molecule has 0 aliphatic heterocycles. The maximum Gasteiger partial charge on any atom is 0.244 e. The molecule has 2 aromatic carbocycles. The molecule has 8 nitrogen and oxygen atoms in total. The van der Waals surface area contributed by atoms with Crippen LogP contribution in [-0.2, 0) is 26.2 Å². The highest BCUT2D eigenvalue weighted by atomic mass is 32.2. The van der Waals surface area contributed by atoms with E-state index >= 15 is 0 Å². The van der Waals surface area contributed by atoms with Gasteiger partial charge in [0.15, 0.2) is 0 Å². The normalized spacial score (nSPS) is 13.0. The van der Waals surface area contributed by atoms with Crippen LogP contribution in [0.5, 0.6) is 5.75 Å². The Kier molecular flexibility index (Phi) is 10.1. The van der Waals surface area contributed by atoms with E-state index < -0.39 is 28.5 Å². The fourth-order valence-corrected chi connectivity index (χ4v) is 4.67. The number of para-hydroxylation sites is 1. The average Bonchev–Trinajstić information content (AvgIpc) is 2.82. The molecule has 0 aliphatic rings. The van der Waals surface area contributed by atoms with Gasteiger partial charge in [0.2, 0.25) is 21.8 Å². The van der Waals surface area contributed by atoms with Crippen LogP contribution in [-0.4, -0.2) is 57.1 Å². The van der Waals surface area contributed by atoms with Crippen LogP contribution in [0, 0.1) is 6.92 Å². The first-order chi connectivity index (χ1) is 16.5. The number of carbonyl (C=O) groups is 2. The summed E-state index contributed by atoms with van der Waals surface area (Å²) in [6, 6.07) is 13.4. The van der Waals surface area contributed by atoms with Crippen LogP contribution >= 0.6 is 0 Å². The van der Waals surface area contributed by atoms with Gasteiger partial charge in [0.25, 0.3) is 0 Å². The van der Waals surface area contributed by atoms with E-state index in [9.17, 15) is 18.0 Å². The average molecular weight is 504 g/mol. The Morgan fingerprint density at radius 2 is 1.74 bits per heavy atom. The molecule has 0 fully saturated rings. The first-order valence-electron chi connectivity index (χ1n) is 11.8. The number of sulfonamides is 1. The van der Waals surface area contributed by atoms with Crippen LogP contribution in [0.3, 0.4) is 0 Å². The van der Waals surface area contributed by atoms with Gasteiger partial charge in [0, 0.05) is 12.6 Å². The van der Waals surface area contributed by atoms with Gasteiger partial charge in [-0.05, 0) is 56.0 Å². The molecule has 1 N–H and O–H groups in total. The number of nitrogens with zero attached hydrogens (tertiary/aromatic N) is 2. The van der Waals surface area contributed by atoms with Gasteiger partial charge in [0.1, 0.15) is 18.3 Å². The van der Waals surface area contributed by atoms with Crippen molar-refractivity contribution in [2.45, 2.75) is 59.2 Å². The van der Waals surface area contributed by atoms with Crippen molar-refractivity contribution in [1.82, 2.24) is 10.2 Å². The first-order valence-corrected chi connectivity index (χ1v) is 13.6. The molecule has 0 radical (unpaired) electrons. The third-order valence-electron chi connectivity index (χ3n) is 5.94. The molecule has 2 atom stereocenters. The summed E-state index contributed by atoms with van der Waals surface area (Å²) >= 11 is 0. The number of carbonyl (C=O) groups excluding carboxylic acids is 2. The molecular weight excluding hydrogens is 466 g/mol. The number of benzene rings is 2. The predicted molar refractivity (Wildman–Crippen MR) is 139 cm³/mol. The molecule has 0 saturated heterocycles. The van der Waals surface area contributed by atoms with Crippen molar-refractivity contribution in [3.8, 4) is 5.75 Å². The number of hydrogen-bond donors (Lipinski definition) is 1. The van der Waals surface area contributed by atoms with Gasteiger partial charge >= 0.3 is 0 Å². The van der Waals surface area contributed by atoms with Gasteiger partial charge in [-0.25, -0.2) is 8.42 Å². The molecule has 2 amide bonds. The van der Waals surface area contributed by atoms with Crippen molar-refractivity contribution in [2.75, 3.05) is 24.2 Å². The lowest BCUT2D eigenvalue weighted by Gasteiger charge is -2.33. The quantitative estimate of drug-likeness (QED) is 0.478. The number of rotatable bonds is 12. The standard InChI is InChI=1S/C26H37N3O5S/c1-7-20(4)27-26(31)23(8-2)28(17-21-13-11-14-22(16-21)34-5)25(30)18-29(35(6,32)33)24-15-10-9-12-19(24)3/h9-16,20,23H,7-8,17-18H2,1-6H3,(H,27,31)/t20-,23+/m0/s1. The molecule has 0 aromatic heterocycles. The fraction of sp³-hybridized carbons (Fsp3) is 0.462. The number of amides is 2.